The first-order chi connectivity index (χ1) is 6.57. The number of ether oxygens (including phenoxy) is 1. The Morgan fingerprint density at radius 1 is 1.21 bits per heavy atom. The molecule has 0 amide bonds. The van der Waals surface area contributed by atoms with Gasteiger partial charge in [0.15, 0.2) is 0 Å². The fourth-order valence-corrected chi connectivity index (χ4v) is 1.50. The van der Waals surface area contributed by atoms with Crippen LogP contribution in [0.4, 0.5) is 0 Å². The maximum atomic E-state index is 11.2. The topological polar surface area (TPSA) is 43.4 Å². The summed E-state index contributed by atoms with van der Waals surface area (Å²) in [6.45, 7) is -0.00407. The van der Waals surface area contributed by atoms with Gasteiger partial charge in [0, 0.05) is 0 Å². The summed E-state index contributed by atoms with van der Waals surface area (Å²) < 4.78 is 4.10. The molecule has 0 fully saturated rings. The van der Waals surface area contributed by atoms with Gasteiger partial charge in [-0.25, -0.2) is 4.79 Å². The molecule has 1 rings (SSSR count). The van der Waals surface area contributed by atoms with E-state index in [1.165, 1.54) is 12.1 Å². The molecule has 14 heavy (non-hydrogen) atoms. The van der Waals surface area contributed by atoms with Crippen molar-refractivity contribution in [3.8, 4) is 0 Å². The Morgan fingerprint density at radius 3 is 2.36 bits per heavy atom. The molecule has 3 nitrogen and oxygen atoms in total. The zero-order valence-corrected chi connectivity index (χ0v) is 8.86. The maximum absolute atomic E-state index is 11.2. The molecule has 0 bridgehead atoms. The number of hydrogen-bond acceptors (Lipinski definition) is 3. The first kappa shape index (κ1) is 11.3. The molecule has 0 N–H and O–H groups in total. The van der Waals surface area contributed by atoms with Gasteiger partial charge >= 0.3 is 12.4 Å². The monoisotopic (exact) mass is 252 g/mol. The van der Waals surface area contributed by atoms with Crippen LogP contribution in [0.3, 0.4) is 0 Å². The Bertz CT molecular complexity index is 390. The fraction of sp³-hybridized carbons (Fsp3) is 0. The van der Waals surface area contributed by atoms with Crippen LogP contribution in [0, 0.1) is 0 Å². The molecule has 6 heteroatoms. The summed E-state index contributed by atoms with van der Waals surface area (Å²) in [5, 5.41) is 0.200. The van der Waals surface area contributed by atoms with Gasteiger partial charge in [0.05, 0.1) is 20.6 Å². The van der Waals surface area contributed by atoms with Crippen LogP contribution in [-0.2, 0) is 9.53 Å². The van der Waals surface area contributed by atoms with Crippen molar-refractivity contribution in [3.05, 3.63) is 32.8 Å². The predicted molar refractivity (Wildman–Crippen MR) is 53.0 cm³/mol. The smallest absolute Gasteiger partial charge is 0.348 e. The maximum Gasteiger partial charge on any atom is 0.348 e. The van der Waals surface area contributed by atoms with Gasteiger partial charge in [0.2, 0.25) is 0 Å². The lowest BCUT2D eigenvalue weighted by atomic mass is 10.2. The number of benzene rings is 1. The average molecular weight is 253 g/mol. The summed E-state index contributed by atoms with van der Waals surface area (Å²) in [6.07, 6.45) is 0. The van der Waals surface area contributed by atoms with Crippen molar-refractivity contribution in [1.82, 2.24) is 0 Å². The van der Waals surface area contributed by atoms with Crippen molar-refractivity contribution in [1.29, 1.82) is 0 Å². The predicted octanol–water partition coefficient (Wildman–Crippen LogP) is 2.96. The van der Waals surface area contributed by atoms with Crippen molar-refractivity contribution in [3.63, 3.8) is 0 Å². The van der Waals surface area contributed by atoms with E-state index in [1.807, 2.05) is 0 Å². The second-order valence-electron chi connectivity index (χ2n) is 2.22. The normalized spacial score (nSPS) is 9.64. The van der Waals surface area contributed by atoms with Crippen LogP contribution < -0.4 is 0 Å². The minimum absolute atomic E-state index is 0.00407. The molecule has 0 aromatic heterocycles. The van der Waals surface area contributed by atoms with E-state index in [2.05, 4.69) is 4.74 Å². The van der Waals surface area contributed by atoms with Gasteiger partial charge in [-0.2, -0.15) is 0 Å². The number of esters is 1. The molecule has 0 aliphatic carbocycles. The summed E-state index contributed by atoms with van der Waals surface area (Å²) in [7, 11) is 0. The Balaban J connectivity index is 3.25. The van der Waals surface area contributed by atoms with Crippen LogP contribution >= 0.6 is 34.8 Å². The Labute approximate surface area is 94.5 Å². The van der Waals surface area contributed by atoms with E-state index in [0.29, 0.717) is 0 Å². The number of hydrogen-bond donors (Lipinski definition) is 0. The van der Waals surface area contributed by atoms with Gasteiger partial charge in [0.25, 0.3) is 0 Å². The van der Waals surface area contributed by atoms with E-state index in [-0.39, 0.29) is 27.1 Å². The molecule has 1 aromatic carbocycles. The molecule has 0 spiro atoms. The van der Waals surface area contributed by atoms with E-state index in [1.54, 1.807) is 0 Å². The quantitative estimate of drug-likeness (QED) is 0.352. The van der Waals surface area contributed by atoms with E-state index >= 15 is 0 Å². The number of carbonyl (C=O) groups excluding carboxylic acids is 2. The molecule has 0 saturated carbocycles. The molecule has 0 unspecified atom stereocenters. The molecule has 0 atom stereocenters. The Kier molecular flexibility index (Phi) is 3.75. The van der Waals surface area contributed by atoms with E-state index in [0.717, 1.165) is 0 Å². The van der Waals surface area contributed by atoms with Crippen molar-refractivity contribution >= 4 is 47.2 Å². The highest BCUT2D eigenvalue weighted by molar-refractivity contribution is 6.46. The standard InChI is InChI=1S/C8H3Cl3O3/c9-4-1-2-5(10)7(11)6(4)8(13)14-3-12/h1-3H. The third kappa shape index (κ3) is 2.18. The van der Waals surface area contributed by atoms with Crippen LogP contribution in [0.1, 0.15) is 10.4 Å². The van der Waals surface area contributed by atoms with Crippen LogP contribution in [0.15, 0.2) is 12.1 Å². The zero-order chi connectivity index (χ0) is 10.7. The Hall–Kier alpha value is -0.770. The van der Waals surface area contributed by atoms with Crippen molar-refractivity contribution in [2.75, 3.05) is 0 Å². The minimum atomic E-state index is -0.933. The number of carbonyl (C=O) groups is 2. The zero-order valence-electron chi connectivity index (χ0n) is 6.59. The highest BCUT2D eigenvalue weighted by atomic mass is 35.5. The highest BCUT2D eigenvalue weighted by Gasteiger charge is 2.18. The molecule has 0 radical (unpaired) electrons. The van der Waals surface area contributed by atoms with E-state index in [9.17, 15) is 9.59 Å². The second-order valence-corrected chi connectivity index (χ2v) is 3.41. The summed E-state index contributed by atoms with van der Waals surface area (Å²) in [6, 6.07) is 2.82. The lowest BCUT2D eigenvalue weighted by Gasteiger charge is -2.04. The average Bonchev–Trinajstić information content (AvgIpc) is 2.13. The molecule has 0 aliphatic rings. The van der Waals surface area contributed by atoms with Gasteiger partial charge in [-0.15, -0.1) is 0 Å². The molecule has 0 heterocycles. The van der Waals surface area contributed by atoms with E-state index < -0.39 is 5.97 Å². The molecular weight excluding hydrogens is 250 g/mol. The van der Waals surface area contributed by atoms with Gasteiger partial charge in [-0.05, 0) is 12.1 Å². The van der Waals surface area contributed by atoms with Gasteiger partial charge < -0.3 is 4.74 Å². The first-order valence-electron chi connectivity index (χ1n) is 3.36. The van der Waals surface area contributed by atoms with Crippen LogP contribution in [0.25, 0.3) is 0 Å². The number of rotatable bonds is 2. The third-order valence-corrected chi connectivity index (χ3v) is 2.52. The molecule has 74 valence electrons. The Morgan fingerprint density at radius 2 is 1.79 bits per heavy atom. The summed E-state index contributed by atoms with van der Waals surface area (Å²) in [5.41, 5.74) is -0.118. The van der Waals surface area contributed by atoms with Crippen molar-refractivity contribution in [2.45, 2.75) is 0 Å². The fourth-order valence-electron chi connectivity index (χ4n) is 0.817. The van der Waals surface area contributed by atoms with Crippen LogP contribution in [-0.4, -0.2) is 12.4 Å². The third-order valence-electron chi connectivity index (χ3n) is 1.40. The summed E-state index contributed by atoms with van der Waals surface area (Å²) in [5.74, 6) is -0.933. The van der Waals surface area contributed by atoms with Crippen LogP contribution in [0.2, 0.25) is 15.1 Å². The molecule has 1 aromatic rings. The number of halogens is 3. The molecule has 0 aliphatic heterocycles. The van der Waals surface area contributed by atoms with Crippen molar-refractivity contribution < 1.29 is 14.3 Å². The second kappa shape index (κ2) is 4.64. The van der Waals surface area contributed by atoms with Gasteiger partial charge in [0.1, 0.15) is 0 Å². The van der Waals surface area contributed by atoms with E-state index in [4.69, 9.17) is 34.8 Å². The first-order valence-corrected chi connectivity index (χ1v) is 4.49. The summed E-state index contributed by atoms with van der Waals surface area (Å²) >= 11 is 17.0. The summed E-state index contributed by atoms with van der Waals surface area (Å²) in [4.78, 5) is 21.1. The molecule has 0 saturated heterocycles. The molecular formula is C8H3Cl3O3. The lowest BCUT2D eigenvalue weighted by molar-refractivity contribution is -0.123. The minimum Gasteiger partial charge on any atom is -0.392 e. The lowest BCUT2D eigenvalue weighted by Crippen LogP contribution is -2.05. The van der Waals surface area contributed by atoms with Crippen LogP contribution in [0.5, 0.6) is 0 Å². The SMILES string of the molecule is O=COC(=O)c1c(Cl)ccc(Cl)c1Cl. The largest absolute Gasteiger partial charge is 0.392 e. The van der Waals surface area contributed by atoms with Gasteiger partial charge in [-0.1, -0.05) is 34.8 Å². The van der Waals surface area contributed by atoms with Gasteiger partial charge in [-0.3, -0.25) is 4.79 Å². The highest BCUT2D eigenvalue weighted by Crippen LogP contribution is 2.31. The van der Waals surface area contributed by atoms with Crippen molar-refractivity contribution in [2.24, 2.45) is 0 Å².